The number of rotatable bonds is 3. The summed E-state index contributed by atoms with van der Waals surface area (Å²) in [5.74, 6) is 0. The molecule has 0 spiro atoms. The van der Waals surface area contributed by atoms with E-state index in [2.05, 4.69) is 31.2 Å². The van der Waals surface area contributed by atoms with Crippen LogP contribution < -0.4 is 5.73 Å². The van der Waals surface area contributed by atoms with E-state index in [0.29, 0.717) is 0 Å². The van der Waals surface area contributed by atoms with Gasteiger partial charge in [0.1, 0.15) is 0 Å². The van der Waals surface area contributed by atoms with Gasteiger partial charge in [-0.2, -0.15) is 0 Å². The fourth-order valence-corrected chi connectivity index (χ4v) is 2.05. The zero-order valence-electron chi connectivity index (χ0n) is 11.8. The minimum Gasteiger partial charge on any atom is -0.318 e. The normalized spacial score (nSPS) is 11.5. The predicted octanol–water partition coefficient (Wildman–Crippen LogP) is 2.37. The molecule has 2 aromatic rings. The molecule has 2 aromatic carbocycles. The highest BCUT2D eigenvalue weighted by Gasteiger charge is 2.26. The number of hydrogen-bond donors (Lipinski definition) is 4. The van der Waals surface area contributed by atoms with Crippen LogP contribution in [0.15, 0.2) is 60.7 Å². The SMILES string of the molecule is CCC(N)(c1ccccc1)c1ccccc1.O=P(O)(O)O. The summed E-state index contributed by atoms with van der Waals surface area (Å²) in [4.78, 5) is 21.6. The molecule has 0 saturated heterocycles. The zero-order valence-corrected chi connectivity index (χ0v) is 12.6. The van der Waals surface area contributed by atoms with Gasteiger partial charge in [-0.05, 0) is 17.5 Å². The minimum absolute atomic E-state index is 0.372. The molecule has 5 nitrogen and oxygen atoms in total. The summed E-state index contributed by atoms with van der Waals surface area (Å²) < 4.78 is 8.88. The van der Waals surface area contributed by atoms with Gasteiger partial charge in [0, 0.05) is 0 Å². The molecule has 0 atom stereocenters. The summed E-state index contributed by atoms with van der Waals surface area (Å²) in [5.41, 5.74) is 8.51. The van der Waals surface area contributed by atoms with E-state index >= 15 is 0 Å². The Labute approximate surface area is 124 Å². The third kappa shape index (κ3) is 5.79. The molecule has 5 N–H and O–H groups in total. The number of phosphoric acid groups is 1. The van der Waals surface area contributed by atoms with Crippen LogP contribution in [0.25, 0.3) is 0 Å². The van der Waals surface area contributed by atoms with Crippen LogP contribution in [0.4, 0.5) is 0 Å². The molecule has 114 valence electrons. The van der Waals surface area contributed by atoms with Gasteiger partial charge in [-0.3, -0.25) is 0 Å². The summed E-state index contributed by atoms with van der Waals surface area (Å²) in [6.07, 6.45) is 0.890. The van der Waals surface area contributed by atoms with Crippen LogP contribution in [0.1, 0.15) is 24.5 Å². The maximum Gasteiger partial charge on any atom is 0.466 e. The largest absolute Gasteiger partial charge is 0.466 e. The molecule has 0 amide bonds. The lowest BCUT2D eigenvalue weighted by Gasteiger charge is -2.29. The molecular formula is C15H20NO4P. The van der Waals surface area contributed by atoms with Crippen LogP contribution in [0.2, 0.25) is 0 Å². The van der Waals surface area contributed by atoms with Crippen molar-refractivity contribution in [3.8, 4) is 0 Å². The lowest BCUT2D eigenvalue weighted by molar-refractivity contribution is 0.275. The first kappa shape index (κ1) is 17.6. The van der Waals surface area contributed by atoms with Crippen LogP contribution in [0.5, 0.6) is 0 Å². The van der Waals surface area contributed by atoms with E-state index in [4.69, 9.17) is 25.0 Å². The summed E-state index contributed by atoms with van der Waals surface area (Å²) in [6, 6.07) is 20.6. The van der Waals surface area contributed by atoms with E-state index in [0.717, 1.165) is 6.42 Å². The molecule has 2 rings (SSSR count). The van der Waals surface area contributed by atoms with Crippen molar-refractivity contribution in [3.63, 3.8) is 0 Å². The monoisotopic (exact) mass is 309 g/mol. The van der Waals surface area contributed by atoms with Crippen molar-refractivity contribution in [2.75, 3.05) is 0 Å². The third-order valence-corrected chi connectivity index (χ3v) is 3.14. The average molecular weight is 309 g/mol. The Bertz CT molecular complexity index is 535. The molecule has 21 heavy (non-hydrogen) atoms. The molecule has 0 saturated carbocycles. The third-order valence-electron chi connectivity index (χ3n) is 3.14. The Morgan fingerprint density at radius 1 is 0.905 bits per heavy atom. The van der Waals surface area contributed by atoms with Gasteiger partial charge in [-0.15, -0.1) is 0 Å². The molecule has 0 aliphatic heterocycles. The Balaban J connectivity index is 0.000000383. The van der Waals surface area contributed by atoms with Crippen LogP contribution in [-0.2, 0) is 10.1 Å². The van der Waals surface area contributed by atoms with Gasteiger partial charge < -0.3 is 20.4 Å². The van der Waals surface area contributed by atoms with Gasteiger partial charge in [0.25, 0.3) is 0 Å². The van der Waals surface area contributed by atoms with Crippen molar-refractivity contribution in [3.05, 3.63) is 71.8 Å². The summed E-state index contributed by atoms with van der Waals surface area (Å²) in [7, 11) is -4.64. The second-order valence-corrected chi connectivity index (χ2v) is 5.60. The van der Waals surface area contributed by atoms with Crippen molar-refractivity contribution in [2.45, 2.75) is 18.9 Å². The fourth-order valence-electron chi connectivity index (χ4n) is 2.05. The van der Waals surface area contributed by atoms with Crippen LogP contribution >= 0.6 is 7.82 Å². The molecule has 0 unspecified atom stereocenters. The van der Waals surface area contributed by atoms with Crippen LogP contribution in [0.3, 0.4) is 0 Å². The van der Waals surface area contributed by atoms with Crippen molar-refractivity contribution in [1.29, 1.82) is 0 Å². The molecule has 0 radical (unpaired) electrons. The maximum atomic E-state index is 8.88. The van der Waals surface area contributed by atoms with Crippen LogP contribution in [-0.4, -0.2) is 14.7 Å². The molecule has 0 aliphatic carbocycles. The Morgan fingerprint density at radius 2 is 1.19 bits per heavy atom. The average Bonchev–Trinajstić information content (AvgIpc) is 2.46. The maximum absolute atomic E-state index is 8.88. The number of nitrogens with two attached hydrogens (primary N) is 1. The zero-order chi connectivity index (χ0) is 15.9. The minimum atomic E-state index is -4.64. The lowest BCUT2D eigenvalue weighted by atomic mass is 9.82. The lowest BCUT2D eigenvalue weighted by Crippen LogP contribution is -2.37. The van der Waals surface area contributed by atoms with Crippen molar-refractivity contribution in [2.24, 2.45) is 5.73 Å². The fraction of sp³-hybridized carbons (Fsp3) is 0.200. The Kier molecular flexibility index (Phi) is 6.27. The van der Waals surface area contributed by atoms with Gasteiger partial charge in [-0.25, -0.2) is 4.57 Å². The van der Waals surface area contributed by atoms with Crippen molar-refractivity contribution < 1.29 is 19.2 Å². The first-order chi connectivity index (χ1) is 9.77. The molecule has 0 heterocycles. The van der Waals surface area contributed by atoms with E-state index in [1.807, 2.05) is 36.4 Å². The highest BCUT2D eigenvalue weighted by Crippen LogP contribution is 2.29. The first-order valence-electron chi connectivity index (χ1n) is 6.45. The van der Waals surface area contributed by atoms with Crippen molar-refractivity contribution in [1.82, 2.24) is 0 Å². The molecule has 0 aromatic heterocycles. The smallest absolute Gasteiger partial charge is 0.318 e. The van der Waals surface area contributed by atoms with E-state index < -0.39 is 7.82 Å². The summed E-state index contributed by atoms with van der Waals surface area (Å²) >= 11 is 0. The molecular weight excluding hydrogens is 289 g/mol. The molecule has 0 fully saturated rings. The van der Waals surface area contributed by atoms with E-state index in [1.54, 1.807) is 0 Å². The highest BCUT2D eigenvalue weighted by atomic mass is 31.2. The summed E-state index contributed by atoms with van der Waals surface area (Å²) in [6.45, 7) is 2.12. The van der Waals surface area contributed by atoms with Gasteiger partial charge in [0.2, 0.25) is 0 Å². The second-order valence-electron chi connectivity index (χ2n) is 4.57. The van der Waals surface area contributed by atoms with Gasteiger partial charge in [0.15, 0.2) is 0 Å². The first-order valence-corrected chi connectivity index (χ1v) is 8.02. The molecule has 6 heteroatoms. The molecule has 0 bridgehead atoms. The quantitative estimate of drug-likeness (QED) is 0.652. The predicted molar refractivity (Wildman–Crippen MR) is 82.4 cm³/mol. The van der Waals surface area contributed by atoms with Gasteiger partial charge in [0.05, 0.1) is 5.54 Å². The van der Waals surface area contributed by atoms with Gasteiger partial charge >= 0.3 is 7.82 Å². The van der Waals surface area contributed by atoms with E-state index in [-0.39, 0.29) is 5.54 Å². The van der Waals surface area contributed by atoms with Crippen LogP contribution in [0, 0.1) is 0 Å². The van der Waals surface area contributed by atoms with Crippen molar-refractivity contribution >= 4 is 7.82 Å². The second kappa shape index (κ2) is 7.50. The molecule has 0 aliphatic rings. The van der Waals surface area contributed by atoms with Gasteiger partial charge in [-0.1, -0.05) is 67.6 Å². The van der Waals surface area contributed by atoms with E-state index in [1.165, 1.54) is 11.1 Å². The standard InChI is InChI=1S/C15H17N.H3O4P/c1-2-15(16,13-9-5-3-6-10-13)14-11-7-4-8-12-14;1-5(2,3)4/h3-12H,2,16H2,1H3;(H3,1,2,3,4). The van der Waals surface area contributed by atoms with E-state index in [9.17, 15) is 0 Å². The topological polar surface area (TPSA) is 104 Å². The summed E-state index contributed by atoms with van der Waals surface area (Å²) in [5, 5.41) is 0. The Morgan fingerprint density at radius 3 is 1.43 bits per heavy atom. The highest BCUT2D eigenvalue weighted by molar-refractivity contribution is 7.45. The number of benzene rings is 2. The Hall–Kier alpha value is -1.49. The number of hydrogen-bond acceptors (Lipinski definition) is 2.